The van der Waals surface area contributed by atoms with Gasteiger partial charge in [0.25, 0.3) is 5.91 Å². The maximum Gasteiger partial charge on any atom is 0.252 e. The normalized spacial score (nSPS) is 13.1. The van der Waals surface area contributed by atoms with Crippen LogP contribution in [0.1, 0.15) is 41.8 Å². The van der Waals surface area contributed by atoms with Crippen LogP contribution in [-0.2, 0) is 0 Å². The standard InChI is InChI=1S/C21H29N3O3/c1-15(24(2)17-8-4-3-5-9-17)7-6-12-23-14-20(26)16-10-11-19(25)18(13-16)21(22)27/h3-5,8-11,13,15,20,23,25-26H,6-7,12,14H2,1-2H3,(H2,22,27). The van der Waals surface area contributed by atoms with Gasteiger partial charge in [0, 0.05) is 25.3 Å². The SMILES string of the molecule is CC(CCCNCC(O)c1ccc(O)c(C(N)=O)c1)N(C)c1ccccc1. The Morgan fingerprint density at radius 1 is 1.22 bits per heavy atom. The number of hydrogen-bond acceptors (Lipinski definition) is 5. The quantitative estimate of drug-likeness (QED) is 0.481. The van der Waals surface area contributed by atoms with E-state index in [1.807, 2.05) is 18.2 Å². The van der Waals surface area contributed by atoms with Crippen molar-refractivity contribution >= 4 is 11.6 Å². The first-order chi connectivity index (χ1) is 12.9. The van der Waals surface area contributed by atoms with Crippen LogP contribution in [0.4, 0.5) is 5.69 Å². The van der Waals surface area contributed by atoms with Gasteiger partial charge in [0.15, 0.2) is 0 Å². The van der Waals surface area contributed by atoms with Gasteiger partial charge in [-0.3, -0.25) is 4.79 Å². The Balaban J connectivity index is 1.73. The summed E-state index contributed by atoms with van der Waals surface area (Å²) >= 11 is 0. The van der Waals surface area contributed by atoms with E-state index in [4.69, 9.17) is 5.73 Å². The third kappa shape index (κ3) is 5.98. The molecule has 2 atom stereocenters. The summed E-state index contributed by atoms with van der Waals surface area (Å²) in [5.41, 5.74) is 6.98. The lowest BCUT2D eigenvalue weighted by Gasteiger charge is -2.27. The van der Waals surface area contributed by atoms with Crippen LogP contribution in [0.5, 0.6) is 5.75 Å². The summed E-state index contributed by atoms with van der Waals surface area (Å²) in [5, 5.41) is 23.1. The van der Waals surface area contributed by atoms with Crippen molar-refractivity contribution < 1.29 is 15.0 Å². The molecule has 0 saturated heterocycles. The number of aromatic hydroxyl groups is 1. The fraction of sp³-hybridized carbons (Fsp3) is 0.381. The Morgan fingerprint density at radius 3 is 2.59 bits per heavy atom. The minimum absolute atomic E-state index is 0.0179. The predicted molar refractivity (Wildman–Crippen MR) is 108 cm³/mol. The van der Waals surface area contributed by atoms with Crippen molar-refractivity contribution in [3.05, 3.63) is 59.7 Å². The molecule has 0 heterocycles. The molecule has 0 aliphatic carbocycles. The van der Waals surface area contributed by atoms with Gasteiger partial charge < -0.3 is 26.2 Å². The second-order valence-corrected chi connectivity index (χ2v) is 6.80. The highest BCUT2D eigenvalue weighted by molar-refractivity contribution is 5.95. The van der Waals surface area contributed by atoms with Crippen molar-refractivity contribution in [3.63, 3.8) is 0 Å². The van der Waals surface area contributed by atoms with Gasteiger partial charge in [-0.05, 0) is 56.1 Å². The third-order valence-electron chi connectivity index (χ3n) is 4.81. The maximum atomic E-state index is 11.3. The molecule has 0 spiro atoms. The van der Waals surface area contributed by atoms with Crippen molar-refractivity contribution in [3.8, 4) is 5.75 Å². The minimum atomic E-state index is -0.770. The van der Waals surface area contributed by atoms with E-state index in [1.165, 1.54) is 17.8 Å². The monoisotopic (exact) mass is 371 g/mol. The van der Waals surface area contributed by atoms with Gasteiger partial charge >= 0.3 is 0 Å². The molecule has 5 N–H and O–H groups in total. The van der Waals surface area contributed by atoms with Gasteiger partial charge in [0.1, 0.15) is 5.75 Å². The Hall–Kier alpha value is -2.57. The van der Waals surface area contributed by atoms with Crippen LogP contribution in [0, 0.1) is 0 Å². The van der Waals surface area contributed by atoms with Crippen molar-refractivity contribution in [2.75, 3.05) is 25.0 Å². The van der Waals surface area contributed by atoms with E-state index in [0.717, 1.165) is 19.4 Å². The maximum absolute atomic E-state index is 11.3. The number of aliphatic hydroxyl groups excluding tert-OH is 1. The second-order valence-electron chi connectivity index (χ2n) is 6.80. The molecule has 2 aromatic carbocycles. The molecule has 6 heteroatoms. The van der Waals surface area contributed by atoms with Gasteiger partial charge in [0.2, 0.25) is 0 Å². The molecule has 0 aliphatic rings. The number of hydrogen-bond donors (Lipinski definition) is 4. The van der Waals surface area contributed by atoms with E-state index in [2.05, 4.69) is 36.3 Å². The molecule has 6 nitrogen and oxygen atoms in total. The minimum Gasteiger partial charge on any atom is -0.507 e. The summed E-state index contributed by atoms with van der Waals surface area (Å²) in [5.74, 6) is -0.894. The van der Waals surface area contributed by atoms with Gasteiger partial charge in [-0.2, -0.15) is 0 Å². The Morgan fingerprint density at radius 2 is 1.93 bits per heavy atom. The van der Waals surface area contributed by atoms with Gasteiger partial charge in [-0.15, -0.1) is 0 Å². The number of nitrogens with one attached hydrogen (secondary N) is 1. The van der Waals surface area contributed by atoms with Crippen molar-refractivity contribution in [2.24, 2.45) is 5.73 Å². The number of nitrogens with zero attached hydrogens (tertiary/aromatic N) is 1. The van der Waals surface area contributed by atoms with Crippen molar-refractivity contribution in [2.45, 2.75) is 31.9 Å². The summed E-state index contributed by atoms with van der Waals surface area (Å²) in [6, 6.07) is 15.1. The smallest absolute Gasteiger partial charge is 0.252 e. The number of para-hydroxylation sites is 1. The Labute approximate surface area is 160 Å². The van der Waals surface area contributed by atoms with Crippen LogP contribution >= 0.6 is 0 Å². The second kappa shape index (κ2) is 9.94. The fourth-order valence-corrected chi connectivity index (χ4v) is 2.95. The summed E-state index contributed by atoms with van der Waals surface area (Å²) < 4.78 is 0. The van der Waals surface area contributed by atoms with E-state index < -0.39 is 12.0 Å². The van der Waals surface area contributed by atoms with Gasteiger partial charge in [0.05, 0.1) is 11.7 Å². The number of carbonyl (C=O) groups is 1. The zero-order valence-electron chi connectivity index (χ0n) is 15.9. The summed E-state index contributed by atoms with van der Waals surface area (Å²) in [6.45, 7) is 3.35. The topological polar surface area (TPSA) is 98.8 Å². The van der Waals surface area contributed by atoms with Crippen LogP contribution in [0.3, 0.4) is 0 Å². The third-order valence-corrected chi connectivity index (χ3v) is 4.81. The number of amides is 1. The number of nitrogens with two attached hydrogens (primary N) is 1. The van der Waals surface area contributed by atoms with Crippen molar-refractivity contribution in [1.82, 2.24) is 5.32 Å². The van der Waals surface area contributed by atoms with E-state index in [1.54, 1.807) is 6.07 Å². The molecule has 0 saturated carbocycles. The number of primary amides is 1. The van der Waals surface area contributed by atoms with Crippen LogP contribution in [0.15, 0.2) is 48.5 Å². The predicted octanol–water partition coefficient (Wildman–Crippen LogP) is 2.42. The molecule has 2 rings (SSSR count). The highest BCUT2D eigenvalue weighted by Gasteiger charge is 2.13. The first kappa shape index (κ1) is 20.7. The molecule has 0 bridgehead atoms. The van der Waals surface area contributed by atoms with E-state index in [-0.39, 0.29) is 11.3 Å². The van der Waals surface area contributed by atoms with E-state index in [9.17, 15) is 15.0 Å². The largest absolute Gasteiger partial charge is 0.507 e. The van der Waals surface area contributed by atoms with Crippen LogP contribution in [-0.4, -0.2) is 42.3 Å². The average Bonchev–Trinajstić information content (AvgIpc) is 2.67. The molecule has 0 aromatic heterocycles. The molecule has 27 heavy (non-hydrogen) atoms. The number of carbonyl (C=O) groups excluding carboxylic acids is 1. The van der Waals surface area contributed by atoms with E-state index >= 15 is 0 Å². The Bertz CT molecular complexity index is 737. The molecule has 1 amide bonds. The molecular formula is C21H29N3O3. The number of aliphatic hydroxyl groups is 1. The molecule has 0 fully saturated rings. The summed E-state index contributed by atoms with van der Waals surface area (Å²) in [7, 11) is 2.10. The lowest BCUT2D eigenvalue weighted by Crippen LogP contribution is -2.30. The number of rotatable bonds is 10. The highest BCUT2D eigenvalue weighted by atomic mass is 16.3. The zero-order chi connectivity index (χ0) is 19.8. The number of anilines is 1. The van der Waals surface area contributed by atoms with Gasteiger partial charge in [-0.25, -0.2) is 0 Å². The molecule has 0 aliphatic heterocycles. The van der Waals surface area contributed by atoms with Gasteiger partial charge in [-0.1, -0.05) is 24.3 Å². The van der Waals surface area contributed by atoms with Crippen LogP contribution in [0.25, 0.3) is 0 Å². The first-order valence-electron chi connectivity index (χ1n) is 9.19. The van der Waals surface area contributed by atoms with Crippen LogP contribution in [0.2, 0.25) is 0 Å². The Kier molecular flexibility index (Phi) is 7.64. The lowest BCUT2D eigenvalue weighted by molar-refractivity contribution is 0.0997. The number of phenols is 1. The molecular weight excluding hydrogens is 342 g/mol. The molecule has 146 valence electrons. The summed E-state index contributed by atoms with van der Waals surface area (Å²) in [4.78, 5) is 13.5. The first-order valence-corrected chi connectivity index (χ1v) is 9.19. The summed E-state index contributed by atoms with van der Waals surface area (Å²) in [6.07, 6.45) is 1.24. The molecule has 2 unspecified atom stereocenters. The molecule has 0 radical (unpaired) electrons. The fourth-order valence-electron chi connectivity index (χ4n) is 2.95. The van der Waals surface area contributed by atoms with E-state index in [0.29, 0.717) is 18.2 Å². The lowest BCUT2D eigenvalue weighted by atomic mass is 10.0. The highest BCUT2D eigenvalue weighted by Crippen LogP contribution is 2.22. The van der Waals surface area contributed by atoms with Crippen LogP contribution < -0.4 is 16.0 Å². The van der Waals surface area contributed by atoms with Crippen molar-refractivity contribution in [1.29, 1.82) is 0 Å². The average molecular weight is 371 g/mol. The molecule has 2 aromatic rings. The zero-order valence-corrected chi connectivity index (χ0v) is 15.9. The number of benzene rings is 2.